The van der Waals surface area contributed by atoms with Crippen LogP contribution in [0.4, 0.5) is 10.1 Å². The molecule has 26 heavy (non-hydrogen) atoms. The molecule has 2 aromatic carbocycles. The van der Waals surface area contributed by atoms with E-state index in [2.05, 4.69) is 16.3 Å². The number of halogens is 1. The zero-order valence-electron chi connectivity index (χ0n) is 14.5. The minimum atomic E-state index is -0.309. The molecule has 2 heterocycles. The van der Waals surface area contributed by atoms with Gasteiger partial charge in [0.2, 0.25) is 5.91 Å². The second-order valence-electron chi connectivity index (χ2n) is 6.66. The monoisotopic (exact) mass is 369 g/mol. The number of anilines is 1. The molecule has 4 nitrogen and oxygen atoms in total. The molecule has 1 amide bonds. The highest BCUT2D eigenvalue weighted by Gasteiger charge is 2.30. The predicted octanol–water partition coefficient (Wildman–Crippen LogP) is 4.52. The lowest BCUT2D eigenvalue weighted by Crippen LogP contribution is -2.32. The van der Waals surface area contributed by atoms with Crippen LogP contribution in [0.15, 0.2) is 42.5 Å². The average Bonchev–Trinajstić information content (AvgIpc) is 3.24. The molecule has 4 rings (SSSR count). The number of fused-ring (bicyclic) bond motifs is 1. The first-order valence-corrected chi connectivity index (χ1v) is 9.57. The van der Waals surface area contributed by atoms with Crippen LogP contribution in [0.25, 0.3) is 10.2 Å². The molecule has 1 aliphatic heterocycles. The number of hydrogen-bond donors (Lipinski definition) is 1. The number of aromatic nitrogens is 1. The highest BCUT2D eigenvalue weighted by Crippen LogP contribution is 2.36. The van der Waals surface area contributed by atoms with Gasteiger partial charge in [0.05, 0.1) is 22.8 Å². The Morgan fingerprint density at radius 1 is 1.35 bits per heavy atom. The van der Waals surface area contributed by atoms with Crippen LogP contribution in [-0.2, 0) is 4.79 Å². The number of thiazole rings is 1. The predicted molar refractivity (Wildman–Crippen MR) is 103 cm³/mol. The molecule has 0 aliphatic carbocycles. The Kier molecular flexibility index (Phi) is 4.70. The minimum Gasteiger partial charge on any atom is -0.325 e. The number of benzene rings is 2. The number of amides is 1. The molecular formula is C20H20FN3OS. The summed E-state index contributed by atoms with van der Waals surface area (Å²) in [7, 11) is 0. The van der Waals surface area contributed by atoms with Gasteiger partial charge in [-0.25, -0.2) is 9.37 Å². The van der Waals surface area contributed by atoms with E-state index in [-0.39, 0.29) is 24.3 Å². The van der Waals surface area contributed by atoms with E-state index in [9.17, 15) is 9.18 Å². The molecule has 1 saturated heterocycles. The van der Waals surface area contributed by atoms with E-state index in [0.29, 0.717) is 11.3 Å². The van der Waals surface area contributed by atoms with E-state index in [0.717, 1.165) is 29.9 Å². The third-order valence-corrected chi connectivity index (χ3v) is 5.90. The fourth-order valence-electron chi connectivity index (χ4n) is 3.38. The van der Waals surface area contributed by atoms with Crippen molar-refractivity contribution < 1.29 is 9.18 Å². The highest BCUT2D eigenvalue weighted by atomic mass is 32.1. The van der Waals surface area contributed by atoms with E-state index in [4.69, 9.17) is 4.98 Å². The molecule has 6 heteroatoms. The molecule has 1 aromatic heterocycles. The van der Waals surface area contributed by atoms with Crippen LogP contribution in [0.3, 0.4) is 0 Å². The van der Waals surface area contributed by atoms with E-state index in [1.165, 1.54) is 10.8 Å². The largest absolute Gasteiger partial charge is 0.325 e. The quantitative estimate of drug-likeness (QED) is 0.735. The number of carbonyl (C=O) groups excluding carboxylic acids is 1. The van der Waals surface area contributed by atoms with Crippen LogP contribution in [0, 0.1) is 12.7 Å². The molecule has 134 valence electrons. The lowest BCUT2D eigenvalue weighted by atomic mass is 10.2. The second-order valence-corrected chi connectivity index (χ2v) is 7.72. The van der Waals surface area contributed by atoms with Crippen LogP contribution in [-0.4, -0.2) is 28.9 Å². The number of nitrogens with zero attached hydrogens (tertiary/aromatic N) is 2. The summed E-state index contributed by atoms with van der Waals surface area (Å²) in [6, 6.07) is 13.0. The number of para-hydroxylation sites is 1. The van der Waals surface area contributed by atoms with Crippen molar-refractivity contribution in [3.63, 3.8) is 0 Å². The van der Waals surface area contributed by atoms with Crippen molar-refractivity contribution in [1.82, 2.24) is 9.88 Å². The average molecular weight is 369 g/mol. The first-order valence-electron chi connectivity index (χ1n) is 8.76. The molecule has 0 saturated carbocycles. The number of carbonyl (C=O) groups is 1. The summed E-state index contributed by atoms with van der Waals surface area (Å²) in [5.41, 5.74) is 2.08. The maximum atomic E-state index is 13.7. The molecule has 1 fully saturated rings. The number of likely N-dealkylation sites (tertiary alicyclic amines) is 1. The number of rotatable bonds is 4. The summed E-state index contributed by atoms with van der Waals surface area (Å²) in [6.07, 6.45) is 2.05. The molecular weight excluding hydrogens is 349 g/mol. The maximum Gasteiger partial charge on any atom is 0.238 e. The van der Waals surface area contributed by atoms with Crippen molar-refractivity contribution in [3.05, 3.63) is 58.9 Å². The van der Waals surface area contributed by atoms with Crippen molar-refractivity contribution in [2.45, 2.75) is 25.8 Å². The van der Waals surface area contributed by atoms with E-state index in [1.807, 2.05) is 18.2 Å². The smallest absolute Gasteiger partial charge is 0.238 e. The van der Waals surface area contributed by atoms with Gasteiger partial charge in [0, 0.05) is 5.69 Å². The molecule has 1 N–H and O–H groups in total. The summed E-state index contributed by atoms with van der Waals surface area (Å²) in [4.78, 5) is 19.3. The van der Waals surface area contributed by atoms with Gasteiger partial charge in [-0.1, -0.05) is 18.2 Å². The Morgan fingerprint density at radius 3 is 3.00 bits per heavy atom. The van der Waals surface area contributed by atoms with Gasteiger partial charge >= 0.3 is 0 Å². The van der Waals surface area contributed by atoms with Gasteiger partial charge in [-0.3, -0.25) is 9.69 Å². The summed E-state index contributed by atoms with van der Waals surface area (Å²) in [6.45, 7) is 2.86. The van der Waals surface area contributed by atoms with Gasteiger partial charge in [-0.2, -0.15) is 0 Å². The minimum absolute atomic E-state index is 0.124. The van der Waals surface area contributed by atoms with Crippen molar-refractivity contribution in [3.8, 4) is 0 Å². The Bertz CT molecular complexity index is 922. The van der Waals surface area contributed by atoms with Crippen LogP contribution in [0.2, 0.25) is 0 Å². The molecule has 3 aromatic rings. The van der Waals surface area contributed by atoms with E-state index < -0.39 is 0 Å². The van der Waals surface area contributed by atoms with Crippen molar-refractivity contribution in [2.24, 2.45) is 0 Å². The molecule has 1 aliphatic rings. The van der Waals surface area contributed by atoms with Gasteiger partial charge in [0.25, 0.3) is 0 Å². The van der Waals surface area contributed by atoms with Crippen LogP contribution >= 0.6 is 11.3 Å². The SMILES string of the molecule is Cc1ccc(NC(=O)CN2CCC[C@@H]2c2nc3ccccc3s2)cc1F. The second kappa shape index (κ2) is 7.13. The summed E-state index contributed by atoms with van der Waals surface area (Å²) >= 11 is 1.70. The van der Waals surface area contributed by atoms with Gasteiger partial charge in [-0.15, -0.1) is 11.3 Å². The topological polar surface area (TPSA) is 45.2 Å². The van der Waals surface area contributed by atoms with E-state index in [1.54, 1.807) is 30.4 Å². The standard InChI is InChI=1S/C20H20FN3OS/c1-13-8-9-14(11-15(13)21)22-19(25)12-24-10-4-6-17(24)20-23-16-5-2-3-7-18(16)26-20/h2-3,5,7-9,11,17H,4,6,10,12H2,1H3,(H,22,25)/t17-/m1/s1. The Balaban J connectivity index is 1.46. The fourth-order valence-corrected chi connectivity index (χ4v) is 4.52. The van der Waals surface area contributed by atoms with Crippen molar-refractivity contribution >= 4 is 33.1 Å². The summed E-state index contributed by atoms with van der Waals surface area (Å²) in [5, 5.41) is 3.87. The number of aryl methyl sites for hydroxylation is 1. The Morgan fingerprint density at radius 2 is 2.19 bits per heavy atom. The van der Waals surface area contributed by atoms with Crippen molar-refractivity contribution in [2.75, 3.05) is 18.4 Å². The number of nitrogens with one attached hydrogen (secondary N) is 1. The Labute approximate surface area is 155 Å². The molecule has 0 unspecified atom stereocenters. The van der Waals surface area contributed by atoms with Gasteiger partial charge in [-0.05, 0) is 56.1 Å². The zero-order valence-corrected chi connectivity index (χ0v) is 15.4. The third-order valence-electron chi connectivity index (χ3n) is 4.76. The van der Waals surface area contributed by atoms with Gasteiger partial charge in [0.1, 0.15) is 10.8 Å². The van der Waals surface area contributed by atoms with Crippen LogP contribution in [0.5, 0.6) is 0 Å². The normalized spacial score (nSPS) is 17.7. The lowest BCUT2D eigenvalue weighted by Gasteiger charge is -2.22. The molecule has 0 radical (unpaired) electrons. The number of hydrogen-bond acceptors (Lipinski definition) is 4. The van der Waals surface area contributed by atoms with Gasteiger partial charge < -0.3 is 5.32 Å². The van der Waals surface area contributed by atoms with Crippen LogP contribution in [0.1, 0.15) is 29.5 Å². The third kappa shape index (κ3) is 3.48. The first kappa shape index (κ1) is 17.1. The van der Waals surface area contributed by atoms with E-state index >= 15 is 0 Å². The molecule has 0 bridgehead atoms. The summed E-state index contributed by atoms with van der Waals surface area (Å²) < 4.78 is 14.8. The van der Waals surface area contributed by atoms with Gasteiger partial charge in [0.15, 0.2) is 0 Å². The zero-order chi connectivity index (χ0) is 18.1. The fraction of sp³-hybridized carbons (Fsp3) is 0.300. The highest BCUT2D eigenvalue weighted by molar-refractivity contribution is 7.18. The molecule has 0 spiro atoms. The first-order chi connectivity index (χ1) is 12.6. The lowest BCUT2D eigenvalue weighted by molar-refractivity contribution is -0.117. The summed E-state index contributed by atoms with van der Waals surface area (Å²) in [5.74, 6) is -0.433. The Hall–Kier alpha value is -2.31. The van der Waals surface area contributed by atoms with Crippen LogP contribution < -0.4 is 5.32 Å². The van der Waals surface area contributed by atoms with Crippen molar-refractivity contribution in [1.29, 1.82) is 0 Å². The maximum absolute atomic E-state index is 13.7. The molecule has 1 atom stereocenters.